The predicted molar refractivity (Wildman–Crippen MR) is 119 cm³/mol. The standard InChI is InChI=1S/C21H22ClFN4O4S/c1-11-6-12(22)8-25-17(11)18(28)26-13-4-5-15(23)14(7-13)21-10-31-9-16(21)32(29,30)20(2,3)19(24)27-21/h4-8,16H,9-10H2,1-3H3,(H2,24,27)(H,26,28)/t16-,21+/m0/s1. The lowest BCUT2D eigenvalue weighted by Gasteiger charge is -2.41. The topological polar surface area (TPSA) is 124 Å². The van der Waals surface area contributed by atoms with Crippen LogP contribution in [0.3, 0.4) is 0 Å². The molecule has 0 spiro atoms. The van der Waals surface area contributed by atoms with E-state index in [2.05, 4.69) is 15.3 Å². The molecule has 0 unspecified atom stereocenters. The summed E-state index contributed by atoms with van der Waals surface area (Å²) in [6.45, 7) is 4.34. The number of nitrogens with one attached hydrogen (secondary N) is 1. The van der Waals surface area contributed by atoms with Crippen LogP contribution in [0.1, 0.15) is 35.5 Å². The molecule has 0 bridgehead atoms. The Bertz CT molecular complexity index is 1260. The quantitative estimate of drug-likeness (QED) is 0.695. The molecule has 2 aliphatic heterocycles. The van der Waals surface area contributed by atoms with Crippen LogP contribution in [0.4, 0.5) is 10.1 Å². The van der Waals surface area contributed by atoms with Gasteiger partial charge in [-0.1, -0.05) is 11.6 Å². The van der Waals surface area contributed by atoms with Gasteiger partial charge in [0.25, 0.3) is 5.91 Å². The second kappa shape index (κ2) is 7.50. The first kappa shape index (κ1) is 22.6. The van der Waals surface area contributed by atoms with Crippen LogP contribution >= 0.6 is 11.6 Å². The lowest BCUT2D eigenvalue weighted by atomic mass is 9.87. The van der Waals surface area contributed by atoms with Crippen molar-refractivity contribution in [3.63, 3.8) is 0 Å². The molecule has 170 valence electrons. The minimum atomic E-state index is -3.86. The Balaban J connectivity index is 1.78. The number of hydrogen-bond acceptors (Lipinski definition) is 7. The zero-order chi connectivity index (χ0) is 23.5. The third-order valence-corrected chi connectivity index (χ3v) is 9.21. The molecule has 3 N–H and O–H groups in total. The first-order chi connectivity index (χ1) is 14.9. The minimum Gasteiger partial charge on any atom is -0.386 e. The first-order valence-corrected chi connectivity index (χ1v) is 11.7. The molecular formula is C21H22ClFN4O4S. The molecule has 32 heavy (non-hydrogen) atoms. The number of hydrogen-bond donors (Lipinski definition) is 2. The molecule has 2 atom stereocenters. The molecule has 0 aliphatic carbocycles. The summed E-state index contributed by atoms with van der Waals surface area (Å²) in [4.78, 5) is 21.2. The van der Waals surface area contributed by atoms with Crippen molar-refractivity contribution in [3.8, 4) is 0 Å². The van der Waals surface area contributed by atoms with E-state index in [1.165, 1.54) is 32.2 Å². The molecule has 1 fully saturated rings. The summed E-state index contributed by atoms with van der Waals surface area (Å²) in [6, 6.07) is 5.49. The molecule has 2 aliphatic rings. The van der Waals surface area contributed by atoms with Gasteiger partial charge >= 0.3 is 0 Å². The van der Waals surface area contributed by atoms with E-state index in [4.69, 9.17) is 22.1 Å². The predicted octanol–water partition coefficient (Wildman–Crippen LogP) is 2.59. The summed E-state index contributed by atoms with van der Waals surface area (Å²) in [5.41, 5.74) is 5.46. The Hall–Kier alpha value is -2.56. The summed E-state index contributed by atoms with van der Waals surface area (Å²) in [5.74, 6) is -1.31. The van der Waals surface area contributed by atoms with Gasteiger partial charge in [-0.15, -0.1) is 0 Å². The Morgan fingerprint density at radius 2 is 2.06 bits per heavy atom. The van der Waals surface area contributed by atoms with Crippen LogP contribution in [0, 0.1) is 12.7 Å². The van der Waals surface area contributed by atoms with Crippen LogP contribution < -0.4 is 11.1 Å². The van der Waals surface area contributed by atoms with E-state index in [1.807, 2.05) is 0 Å². The number of aryl methyl sites for hydroxylation is 1. The number of amidine groups is 1. The molecule has 11 heteroatoms. The van der Waals surface area contributed by atoms with Crippen LogP contribution in [-0.2, 0) is 20.1 Å². The van der Waals surface area contributed by atoms with E-state index in [0.717, 1.165) is 6.07 Å². The molecule has 8 nitrogen and oxygen atoms in total. The molecule has 0 radical (unpaired) electrons. The maximum atomic E-state index is 15.0. The number of sulfone groups is 1. The summed E-state index contributed by atoms with van der Waals surface area (Å²) in [5, 5.41) is 1.95. The number of pyridine rings is 1. The van der Waals surface area contributed by atoms with E-state index in [0.29, 0.717) is 10.6 Å². The molecular weight excluding hydrogens is 459 g/mol. The van der Waals surface area contributed by atoms with Crippen molar-refractivity contribution in [2.45, 2.75) is 36.3 Å². The van der Waals surface area contributed by atoms with Gasteiger partial charge in [-0.3, -0.25) is 9.79 Å². The fraction of sp³-hybridized carbons (Fsp3) is 0.381. The zero-order valence-corrected chi connectivity index (χ0v) is 19.2. The van der Waals surface area contributed by atoms with Crippen molar-refractivity contribution in [1.82, 2.24) is 4.98 Å². The summed E-state index contributed by atoms with van der Waals surface area (Å²) in [6.07, 6.45) is 1.35. The average molecular weight is 481 g/mol. The number of fused-ring (bicyclic) bond motifs is 1. The van der Waals surface area contributed by atoms with E-state index in [-0.39, 0.29) is 36.0 Å². The van der Waals surface area contributed by atoms with E-state index in [9.17, 15) is 13.2 Å². The first-order valence-electron chi connectivity index (χ1n) is 9.80. The van der Waals surface area contributed by atoms with Gasteiger partial charge in [0.15, 0.2) is 9.84 Å². The van der Waals surface area contributed by atoms with Gasteiger partial charge in [-0.25, -0.2) is 17.8 Å². The molecule has 1 amide bonds. The molecule has 1 saturated heterocycles. The molecule has 1 aromatic heterocycles. The van der Waals surface area contributed by atoms with Gasteiger partial charge in [0.2, 0.25) is 0 Å². The smallest absolute Gasteiger partial charge is 0.274 e. The number of nitrogens with zero attached hydrogens (tertiary/aromatic N) is 2. The highest BCUT2D eigenvalue weighted by Gasteiger charge is 2.62. The highest BCUT2D eigenvalue weighted by molar-refractivity contribution is 7.94. The lowest BCUT2D eigenvalue weighted by Crippen LogP contribution is -2.60. The maximum absolute atomic E-state index is 15.0. The fourth-order valence-corrected chi connectivity index (χ4v) is 6.37. The maximum Gasteiger partial charge on any atom is 0.274 e. The Labute approximate surface area is 190 Å². The Kier molecular flexibility index (Phi) is 5.30. The highest BCUT2D eigenvalue weighted by atomic mass is 35.5. The molecule has 0 saturated carbocycles. The summed E-state index contributed by atoms with van der Waals surface area (Å²) < 4.78 is 45.7. The number of ether oxygens (including phenoxy) is 1. The summed E-state index contributed by atoms with van der Waals surface area (Å²) in [7, 11) is -3.86. The fourth-order valence-electron chi connectivity index (χ4n) is 4.07. The third-order valence-electron chi connectivity index (χ3n) is 6.10. The molecule has 1 aromatic carbocycles. The van der Waals surface area contributed by atoms with Crippen molar-refractivity contribution in [1.29, 1.82) is 0 Å². The molecule has 4 rings (SSSR count). The Morgan fingerprint density at radius 1 is 1.34 bits per heavy atom. The number of amides is 1. The molecule has 3 heterocycles. The van der Waals surface area contributed by atoms with Gasteiger partial charge in [0.1, 0.15) is 32.9 Å². The van der Waals surface area contributed by atoms with Crippen molar-refractivity contribution in [2.75, 3.05) is 18.5 Å². The van der Waals surface area contributed by atoms with Crippen molar-refractivity contribution in [3.05, 3.63) is 58.1 Å². The highest BCUT2D eigenvalue weighted by Crippen LogP contribution is 2.47. The number of rotatable bonds is 3. The number of aliphatic imine (C=N–C) groups is 1. The Morgan fingerprint density at radius 3 is 2.75 bits per heavy atom. The van der Waals surface area contributed by atoms with Gasteiger partial charge < -0.3 is 15.8 Å². The number of benzene rings is 1. The second-order valence-electron chi connectivity index (χ2n) is 8.45. The van der Waals surface area contributed by atoms with E-state index >= 15 is 4.39 Å². The van der Waals surface area contributed by atoms with Crippen molar-refractivity contribution < 1.29 is 22.3 Å². The van der Waals surface area contributed by atoms with Gasteiger partial charge in [0, 0.05) is 17.4 Å². The van der Waals surface area contributed by atoms with Gasteiger partial charge in [-0.05, 0) is 50.6 Å². The number of nitrogens with two attached hydrogens (primary N) is 1. The second-order valence-corrected chi connectivity index (χ2v) is 11.6. The number of halogens is 2. The van der Waals surface area contributed by atoms with E-state index in [1.54, 1.807) is 13.0 Å². The zero-order valence-electron chi connectivity index (χ0n) is 17.6. The van der Waals surface area contributed by atoms with Crippen LogP contribution in [0.5, 0.6) is 0 Å². The average Bonchev–Trinajstić information content (AvgIpc) is 3.14. The molecule has 2 aromatic rings. The van der Waals surface area contributed by atoms with Crippen LogP contribution in [0.15, 0.2) is 35.5 Å². The largest absolute Gasteiger partial charge is 0.386 e. The van der Waals surface area contributed by atoms with Crippen LogP contribution in [0.2, 0.25) is 5.02 Å². The number of carbonyl (C=O) groups is 1. The van der Waals surface area contributed by atoms with E-state index < -0.39 is 37.1 Å². The van der Waals surface area contributed by atoms with Crippen molar-refractivity contribution in [2.24, 2.45) is 10.7 Å². The summed E-state index contributed by atoms with van der Waals surface area (Å²) >= 11 is 5.89. The third kappa shape index (κ3) is 3.28. The van der Waals surface area contributed by atoms with Crippen molar-refractivity contribution >= 4 is 38.9 Å². The number of carbonyl (C=O) groups excluding carboxylic acids is 1. The SMILES string of the molecule is Cc1cc(Cl)cnc1C(=O)Nc1ccc(F)c([C@]23COC[C@@H]2S(=O)(=O)C(C)(C)C(N)=N3)c1. The van der Waals surface area contributed by atoms with Crippen LogP contribution in [-0.4, -0.2) is 48.4 Å². The number of anilines is 1. The van der Waals surface area contributed by atoms with Gasteiger partial charge in [0.05, 0.1) is 18.2 Å². The lowest BCUT2D eigenvalue weighted by molar-refractivity contribution is 0.102. The van der Waals surface area contributed by atoms with Crippen LogP contribution in [0.25, 0.3) is 0 Å². The monoisotopic (exact) mass is 480 g/mol. The minimum absolute atomic E-state index is 0.0133. The van der Waals surface area contributed by atoms with Gasteiger partial charge in [-0.2, -0.15) is 0 Å². The number of aromatic nitrogens is 1. The normalized spacial score (nSPS) is 25.7.